The fourth-order valence-electron chi connectivity index (χ4n) is 7.06. The molecule has 3 unspecified atom stereocenters. The van der Waals surface area contributed by atoms with E-state index in [2.05, 4.69) is 137 Å². The average molecular weight is 491 g/mol. The van der Waals surface area contributed by atoms with Gasteiger partial charge in [-0.05, 0) is 66.3 Å². The molecule has 0 radical (unpaired) electrons. The van der Waals surface area contributed by atoms with Crippen LogP contribution in [-0.4, -0.2) is 4.57 Å². The molecule has 4 aromatic rings. The molecule has 184 valence electrons. The quantitative estimate of drug-likeness (QED) is 0.272. The number of hydrogen-bond acceptors (Lipinski definition) is 1. The minimum absolute atomic E-state index is 0.213. The van der Waals surface area contributed by atoms with Crippen LogP contribution in [0.3, 0.4) is 0 Å². The van der Waals surface area contributed by atoms with Gasteiger partial charge in [0.2, 0.25) is 0 Å². The summed E-state index contributed by atoms with van der Waals surface area (Å²) in [6.07, 6.45) is 26.4. The highest BCUT2D eigenvalue weighted by atomic mass is 15.2. The Labute approximate surface area is 223 Å². The zero-order chi connectivity index (χ0) is 25.1. The predicted molar refractivity (Wildman–Crippen MR) is 161 cm³/mol. The van der Waals surface area contributed by atoms with Crippen molar-refractivity contribution in [1.82, 2.24) is 4.57 Å². The van der Waals surface area contributed by atoms with Crippen molar-refractivity contribution in [3.8, 4) is 0 Å². The van der Waals surface area contributed by atoms with E-state index >= 15 is 0 Å². The van der Waals surface area contributed by atoms with Crippen LogP contribution in [0.5, 0.6) is 0 Å². The van der Waals surface area contributed by atoms with E-state index in [0.717, 1.165) is 19.3 Å². The van der Waals surface area contributed by atoms with Gasteiger partial charge in [-0.15, -0.1) is 0 Å². The molecule has 38 heavy (non-hydrogen) atoms. The first-order chi connectivity index (χ1) is 18.8. The molecule has 1 aromatic heterocycles. The molecule has 1 saturated heterocycles. The Morgan fingerprint density at radius 2 is 1.68 bits per heavy atom. The third-order valence-electron chi connectivity index (χ3n) is 8.70. The molecule has 3 aromatic carbocycles. The minimum Gasteiger partial charge on any atom is -0.335 e. The Bertz CT molecular complexity index is 1770. The first-order valence-electron chi connectivity index (χ1n) is 13.9. The van der Waals surface area contributed by atoms with Crippen LogP contribution in [-0.2, 0) is 0 Å². The molecule has 1 aliphatic heterocycles. The maximum absolute atomic E-state index is 2.68. The second kappa shape index (κ2) is 8.63. The molecule has 1 fully saturated rings. The maximum atomic E-state index is 2.68. The van der Waals surface area contributed by atoms with Crippen LogP contribution in [0.15, 0.2) is 127 Å². The topological polar surface area (TPSA) is 8.17 Å². The SMILES string of the molecule is C1=CCC=C(n2c3c(c4ccccc42)C=CC2CC4C=CC=C(C4)N(c4ccc5ccccc5c4)C32)C=C1. The van der Waals surface area contributed by atoms with Crippen molar-refractivity contribution in [1.29, 1.82) is 0 Å². The Hall–Kier alpha value is -4.30. The van der Waals surface area contributed by atoms with Gasteiger partial charge in [-0.3, -0.25) is 0 Å². The van der Waals surface area contributed by atoms with Gasteiger partial charge in [0.1, 0.15) is 0 Å². The molecule has 3 atom stereocenters. The lowest BCUT2D eigenvalue weighted by Gasteiger charge is -2.40. The number of fused-ring (bicyclic) bond motifs is 8. The van der Waals surface area contributed by atoms with E-state index < -0.39 is 0 Å². The molecule has 2 bridgehead atoms. The van der Waals surface area contributed by atoms with Gasteiger partial charge in [-0.25, -0.2) is 0 Å². The largest absolute Gasteiger partial charge is 0.335 e. The number of hydrogen-bond donors (Lipinski definition) is 0. The fraction of sp³-hybridized carbons (Fsp3) is 0.167. The normalized spacial score (nSPS) is 23.6. The highest BCUT2D eigenvalue weighted by Gasteiger charge is 2.41. The minimum atomic E-state index is 0.213. The number of aromatic nitrogens is 1. The summed E-state index contributed by atoms with van der Waals surface area (Å²) in [5.41, 5.74) is 8.04. The molecule has 0 saturated carbocycles. The number of anilines is 1. The molecule has 0 amide bonds. The molecule has 2 nitrogen and oxygen atoms in total. The molecule has 3 aliphatic carbocycles. The molecular weight excluding hydrogens is 460 g/mol. The van der Waals surface area contributed by atoms with Gasteiger partial charge in [0.25, 0.3) is 0 Å². The van der Waals surface area contributed by atoms with Crippen molar-refractivity contribution >= 4 is 39.1 Å². The highest BCUT2D eigenvalue weighted by molar-refractivity contribution is 5.96. The van der Waals surface area contributed by atoms with Crippen LogP contribution >= 0.6 is 0 Å². The third kappa shape index (κ3) is 3.33. The zero-order valence-electron chi connectivity index (χ0n) is 21.4. The Kier molecular flexibility index (Phi) is 4.94. The van der Waals surface area contributed by atoms with E-state index in [9.17, 15) is 0 Å². The lowest BCUT2D eigenvalue weighted by atomic mass is 9.82. The van der Waals surface area contributed by atoms with Crippen LogP contribution < -0.4 is 4.90 Å². The monoisotopic (exact) mass is 490 g/mol. The average Bonchev–Trinajstić information content (AvgIpc) is 3.07. The molecule has 0 N–H and O–H groups in total. The number of nitrogens with zero attached hydrogens (tertiary/aromatic N) is 2. The van der Waals surface area contributed by atoms with Crippen molar-refractivity contribution in [3.63, 3.8) is 0 Å². The summed E-state index contributed by atoms with van der Waals surface area (Å²) in [4.78, 5) is 2.68. The summed E-state index contributed by atoms with van der Waals surface area (Å²) in [5.74, 6) is 0.988. The second-order valence-electron chi connectivity index (χ2n) is 10.9. The van der Waals surface area contributed by atoms with Crippen molar-refractivity contribution < 1.29 is 0 Å². The van der Waals surface area contributed by atoms with Crippen molar-refractivity contribution in [2.75, 3.05) is 4.90 Å². The lowest BCUT2D eigenvalue weighted by Crippen LogP contribution is -2.34. The molecular formula is C36H30N2. The first kappa shape index (κ1) is 21.8. The van der Waals surface area contributed by atoms with Crippen molar-refractivity contribution in [2.24, 2.45) is 11.8 Å². The van der Waals surface area contributed by atoms with E-state index in [-0.39, 0.29) is 6.04 Å². The van der Waals surface area contributed by atoms with Crippen LogP contribution in [0, 0.1) is 11.8 Å². The standard InChI is InChI=1S/C36H30N2/c1-2-4-14-29(13-3-1)38-34-17-8-7-16-32(34)33-21-19-28-22-25-10-9-15-30(23-25)37(35(28)36(33)38)31-20-18-26-11-5-6-12-27(26)24-31/h1-3,5-21,24-25,28,35H,4,22-23H2. The molecule has 2 heterocycles. The highest BCUT2D eigenvalue weighted by Crippen LogP contribution is 2.51. The summed E-state index contributed by atoms with van der Waals surface area (Å²) in [5, 5.41) is 3.92. The summed E-state index contributed by atoms with van der Waals surface area (Å²) in [6, 6.07) is 24.9. The van der Waals surface area contributed by atoms with E-state index in [0.29, 0.717) is 11.8 Å². The van der Waals surface area contributed by atoms with Crippen LogP contribution in [0.1, 0.15) is 36.6 Å². The third-order valence-corrected chi connectivity index (χ3v) is 8.70. The van der Waals surface area contributed by atoms with Gasteiger partial charge < -0.3 is 9.47 Å². The summed E-state index contributed by atoms with van der Waals surface area (Å²) in [6.45, 7) is 0. The van der Waals surface area contributed by atoms with Crippen LogP contribution in [0.2, 0.25) is 0 Å². The number of para-hydroxylation sites is 1. The fourth-order valence-corrected chi connectivity index (χ4v) is 7.06. The van der Waals surface area contributed by atoms with E-state index in [1.165, 1.54) is 50.0 Å². The summed E-state index contributed by atoms with van der Waals surface area (Å²) >= 11 is 0. The maximum Gasteiger partial charge on any atom is 0.0812 e. The molecule has 2 heteroatoms. The Morgan fingerprint density at radius 1 is 0.789 bits per heavy atom. The van der Waals surface area contributed by atoms with Gasteiger partial charge >= 0.3 is 0 Å². The van der Waals surface area contributed by atoms with Crippen molar-refractivity contribution in [2.45, 2.75) is 25.3 Å². The summed E-state index contributed by atoms with van der Waals surface area (Å²) in [7, 11) is 0. The number of benzene rings is 3. The van der Waals surface area contributed by atoms with Gasteiger partial charge in [-0.1, -0.05) is 97.1 Å². The molecule has 4 aliphatic rings. The lowest BCUT2D eigenvalue weighted by molar-refractivity contribution is 0.438. The second-order valence-corrected chi connectivity index (χ2v) is 10.9. The Balaban J connectivity index is 1.42. The van der Waals surface area contributed by atoms with E-state index in [1.54, 1.807) is 0 Å². The first-order valence-corrected chi connectivity index (χ1v) is 13.9. The van der Waals surface area contributed by atoms with E-state index in [4.69, 9.17) is 0 Å². The smallest absolute Gasteiger partial charge is 0.0812 e. The molecule has 8 rings (SSSR count). The van der Waals surface area contributed by atoms with Crippen LogP contribution in [0.25, 0.3) is 33.4 Å². The van der Waals surface area contributed by atoms with Crippen LogP contribution in [0.4, 0.5) is 5.69 Å². The zero-order valence-corrected chi connectivity index (χ0v) is 21.4. The van der Waals surface area contributed by atoms with Gasteiger partial charge in [0.05, 0.1) is 17.3 Å². The van der Waals surface area contributed by atoms with E-state index in [1.807, 2.05) is 0 Å². The Morgan fingerprint density at radius 3 is 2.66 bits per heavy atom. The predicted octanol–water partition coefficient (Wildman–Crippen LogP) is 9.21. The van der Waals surface area contributed by atoms with Gasteiger partial charge in [0, 0.05) is 33.9 Å². The molecule has 0 spiro atoms. The summed E-state index contributed by atoms with van der Waals surface area (Å²) < 4.78 is 2.56. The van der Waals surface area contributed by atoms with Crippen molar-refractivity contribution in [3.05, 3.63) is 138 Å². The number of rotatable bonds is 2. The number of allylic oxidation sites excluding steroid dienone is 10. The van der Waals surface area contributed by atoms with Gasteiger partial charge in [0.15, 0.2) is 0 Å². The van der Waals surface area contributed by atoms with Gasteiger partial charge in [-0.2, -0.15) is 0 Å².